The predicted molar refractivity (Wildman–Crippen MR) is 115 cm³/mol. The molecule has 1 aromatic heterocycles. The summed E-state index contributed by atoms with van der Waals surface area (Å²) in [5, 5.41) is 12.5. The van der Waals surface area contributed by atoms with Crippen LogP contribution in [0.4, 0.5) is 0 Å². The normalized spacial score (nSPS) is 13.3. The zero-order chi connectivity index (χ0) is 20.9. The smallest absolute Gasteiger partial charge is 0.251 e. The number of hydrogen-bond donors (Lipinski definition) is 1. The van der Waals surface area contributed by atoms with E-state index in [1.165, 1.54) is 0 Å². The Hall–Kier alpha value is -2.84. The summed E-state index contributed by atoms with van der Waals surface area (Å²) in [4.78, 5) is 12.6. The first-order valence-corrected chi connectivity index (χ1v) is 10.8. The van der Waals surface area contributed by atoms with Crippen molar-refractivity contribution in [2.75, 3.05) is 14.2 Å². The molecule has 0 bridgehead atoms. The third kappa shape index (κ3) is 4.66. The van der Waals surface area contributed by atoms with Crippen LogP contribution in [0.2, 0.25) is 0 Å². The Labute approximate surface area is 179 Å². The second kappa shape index (κ2) is 9.32. The molecular formula is C22H24N4O3S. The number of hydrogen-bond acceptors (Lipinski definition) is 6. The summed E-state index contributed by atoms with van der Waals surface area (Å²) in [5.74, 6) is 2.09. The van der Waals surface area contributed by atoms with Gasteiger partial charge in [0.15, 0.2) is 11.0 Å². The Kier molecular flexibility index (Phi) is 6.35. The van der Waals surface area contributed by atoms with Gasteiger partial charge in [0.05, 0.1) is 7.11 Å². The molecular weight excluding hydrogens is 400 g/mol. The van der Waals surface area contributed by atoms with Gasteiger partial charge in [0.1, 0.15) is 12.4 Å². The van der Waals surface area contributed by atoms with Gasteiger partial charge in [-0.1, -0.05) is 30.0 Å². The first kappa shape index (κ1) is 20.4. The molecule has 1 aliphatic rings. The van der Waals surface area contributed by atoms with Gasteiger partial charge in [0, 0.05) is 30.2 Å². The highest BCUT2D eigenvalue weighted by Gasteiger charge is 2.25. The average molecular weight is 425 g/mol. The highest BCUT2D eigenvalue weighted by Crippen LogP contribution is 2.28. The monoisotopic (exact) mass is 424 g/mol. The van der Waals surface area contributed by atoms with E-state index in [1.807, 2.05) is 53.1 Å². The maximum absolute atomic E-state index is 12.6. The minimum atomic E-state index is -0.00890. The van der Waals surface area contributed by atoms with Gasteiger partial charge in [-0.25, -0.2) is 0 Å². The lowest BCUT2D eigenvalue weighted by molar-refractivity contribution is 0.0950. The molecule has 0 radical (unpaired) electrons. The second-order valence-corrected chi connectivity index (χ2v) is 8.00. The topological polar surface area (TPSA) is 78.3 Å². The van der Waals surface area contributed by atoms with Gasteiger partial charge in [-0.3, -0.25) is 9.36 Å². The number of amides is 1. The zero-order valence-corrected chi connectivity index (χ0v) is 17.8. The molecule has 8 heteroatoms. The van der Waals surface area contributed by atoms with Crippen LogP contribution in [0.5, 0.6) is 5.75 Å². The molecule has 2 aromatic carbocycles. The van der Waals surface area contributed by atoms with Crippen molar-refractivity contribution in [2.24, 2.45) is 0 Å². The molecule has 0 aliphatic heterocycles. The van der Waals surface area contributed by atoms with Crippen LogP contribution in [-0.2, 0) is 17.1 Å². The van der Waals surface area contributed by atoms with E-state index in [9.17, 15) is 4.79 Å². The number of thioether (sulfide) groups is 1. The lowest BCUT2D eigenvalue weighted by atomic mass is 10.1. The molecule has 1 N–H and O–H groups in total. The summed E-state index contributed by atoms with van der Waals surface area (Å²) in [5.41, 5.74) is 2.61. The van der Waals surface area contributed by atoms with Crippen molar-refractivity contribution in [3.63, 3.8) is 0 Å². The number of aromatic nitrogens is 3. The van der Waals surface area contributed by atoms with E-state index in [-0.39, 0.29) is 5.91 Å². The molecule has 1 aliphatic carbocycles. The third-order valence-corrected chi connectivity index (χ3v) is 5.81. The number of rotatable bonds is 9. The molecule has 0 spiro atoms. The van der Waals surface area contributed by atoms with Gasteiger partial charge in [-0.05, 0) is 48.7 Å². The first-order valence-electron chi connectivity index (χ1n) is 9.79. The van der Waals surface area contributed by atoms with Crippen molar-refractivity contribution in [3.8, 4) is 11.4 Å². The molecule has 156 valence electrons. The van der Waals surface area contributed by atoms with E-state index in [2.05, 4.69) is 15.5 Å². The first-order chi connectivity index (χ1) is 14.7. The van der Waals surface area contributed by atoms with E-state index in [0.717, 1.165) is 35.0 Å². The minimum Gasteiger partial charge on any atom is -0.497 e. The minimum absolute atomic E-state index is 0.00890. The summed E-state index contributed by atoms with van der Waals surface area (Å²) in [6.07, 6.45) is 2.13. The molecule has 3 aromatic rings. The van der Waals surface area contributed by atoms with Crippen LogP contribution in [0.3, 0.4) is 0 Å². The number of nitrogens with zero attached hydrogens (tertiary/aromatic N) is 3. The van der Waals surface area contributed by atoms with Crippen molar-refractivity contribution in [1.82, 2.24) is 20.1 Å². The van der Waals surface area contributed by atoms with E-state index in [0.29, 0.717) is 29.8 Å². The van der Waals surface area contributed by atoms with Gasteiger partial charge >= 0.3 is 0 Å². The molecule has 4 rings (SSSR count). The summed E-state index contributed by atoms with van der Waals surface area (Å²) in [6, 6.07) is 15.8. The maximum atomic E-state index is 12.6. The molecule has 1 heterocycles. The highest BCUT2D eigenvalue weighted by molar-refractivity contribution is 7.98. The number of nitrogens with one attached hydrogen (secondary N) is 1. The molecule has 30 heavy (non-hydrogen) atoms. The fraction of sp³-hybridized carbons (Fsp3) is 0.318. The van der Waals surface area contributed by atoms with E-state index >= 15 is 0 Å². The van der Waals surface area contributed by atoms with Gasteiger partial charge in [0.2, 0.25) is 0 Å². The van der Waals surface area contributed by atoms with Crippen molar-refractivity contribution in [1.29, 1.82) is 0 Å². The van der Waals surface area contributed by atoms with E-state index in [4.69, 9.17) is 9.47 Å². The fourth-order valence-corrected chi connectivity index (χ4v) is 4.08. The Morgan fingerprint density at radius 2 is 1.90 bits per heavy atom. The van der Waals surface area contributed by atoms with Crippen molar-refractivity contribution in [2.45, 2.75) is 36.4 Å². The van der Waals surface area contributed by atoms with Crippen LogP contribution in [0.25, 0.3) is 5.69 Å². The number of benzene rings is 2. The van der Waals surface area contributed by atoms with Gasteiger partial charge in [-0.2, -0.15) is 0 Å². The number of ether oxygens (including phenoxy) is 2. The van der Waals surface area contributed by atoms with Crippen LogP contribution < -0.4 is 10.1 Å². The van der Waals surface area contributed by atoms with Gasteiger partial charge < -0.3 is 14.8 Å². The fourth-order valence-electron chi connectivity index (χ4n) is 3.11. The molecule has 0 unspecified atom stereocenters. The highest BCUT2D eigenvalue weighted by atomic mass is 32.2. The number of methoxy groups -OCH3 is 2. The SMILES string of the molecule is COCc1nnc(SCc2ccccc2C(=O)NC2CC2)n1-c1ccc(OC)cc1. The summed E-state index contributed by atoms with van der Waals surface area (Å²) < 4.78 is 12.5. The van der Waals surface area contributed by atoms with E-state index < -0.39 is 0 Å². The Balaban J connectivity index is 1.57. The Morgan fingerprint density at radius 3 is 2.60 bits per heavy atom. The molecule has 1 amide bonds. The third-order valence-electron chi connectivity index (χ3n) is 4.84. The Bertz CT molecular complexity index is 1020. The quantitative estimate of drug-likeness (QED) is 0.529. The van der Waals surface area contributed by atoms with Crippen molar-refractivity contribution < 1.29 is 14.3 Å². The van der Waals surface area contributed by atoms with Crippen LogP contribution in [0.1, 0.15) is 34.6 Å². The van der Waals surface area contributed by atoms with Crippen molar-refractivity contribution in [3.05, 3.63) is 65.5 Å². The van der Waals surface area contributed by atoms with Crippen LogP contribution in [0, 0.1) is 0 Å². The molecule has 1 saturated carbocycles. The maximum Gasteiger partial charge on any atom is 0.251 e. The average Bonchev–Trinajstić information content (AvgIpc) is 3.50. The summed E-state index contributed by atoms with van der Waals surface area (Å²) in [6.45, 7) is 0.347. The predicted octanol–water partition coefficient (Wildman–Crippen LogP) is 3.61. The van der Waals surface area contributed by atoms with Gasteiger partial charge in [-0.15, -0.1) is 10.2 Å². The molecule has 7 nitrogen and oxygen atoms in total. The molecule has 1 fully saturated rings. The van der Waals surface area contributed by atoms with E-state index in [1.54, 1.807) is 26.0 Å². The van der Waals surface area contributed by atoms with Crippen LogP contribution in [-0.4, -0.2) is 40.9 Å². The molecule has 0 atom stereocenters. The zero-order valence-electron chi connectivity index (χ0n) is 17.0. The number of carbonyl (C=O) groups is 1. The van der Waals surface area contributed by atoms with Crippen molar-refractivity contribution >= 4 is 17.7 Å². The van der Waals surface area contributed by atoms with Crippen LogP contribution >= 0.6 is 11.8 Å². The van der Waals surface area contributed by atoms with Crippen LogP contribution in [0.15, 0.2) is 53.7 Å². The summed E-state index contributed by atoms with van der Waals surface area (Å²) >= 11 is 1.54. The van der Waals surface area contributed by atoms with Gasteiger partial charge in [0.25, 0.3) is 5.91 Å². The lowest BCUT2D eigenvalue weighted by Gasteiger charge is -2.12. The second-order valence-electron chi connectivity index (χ2n) is 7.06. The molecule has 0 saturated heterocycles. The largest absolute Gasteiger partial charge is 0.497 e. The lowest BCUT2D eigenvalue weighted by Crippen LogP contribution is -2.26. The Morgan fingerprint density at radius 1 is 1.13 bits per heavy atom. The summed E-state index contributed by atoms with van der Waals surface area (Å²) in [7, 11) is 3.27. The number of carbonyl (C=O) groups excluding carboxylic acids is 1. The standard InChI is InChI=1S/C22H24N4O3S/c1-28-13-20-24-25-22(26(20)17-9-11-18(29-2)12-10-17)30-14-15-5-3-4-6-19(15)21(27)23-16-7-8-16/h3-6,9-12,16H,7-8,13-14H2,1-2H3,(H,23,27).